The number of aromatic nitrogens is 1. The number of rotatable bonds is 6. The highest BCUT2D eigenvalue weighted by molar-refractivity contribution is 5.42. The average Bonchev–Trinajstić information content (AvgIpc) is 2.38. The van der Waals surface area contributed by atoms with Crippen molar-refractivity contribution < 1.29 is 17.9 Å². The van der Waals surface area contributed by atoms with Crippen LogP contribution < -0.4 is 4.90 Å². The van der Waals surface area contributed by atoms with Gasteiger partial charge in [0.05, 0.1) is 24.7 Å². The molecule has 0 aliphatic heterocycles. The summed E-state index contributed by atoms with van der Waals surface area (Å²) < 4.78 is 42.7. The van der Waals surface area contributed by atoms with Crippen molar-refractivity contribution in [1.82, 2.24) is 4.98 Å². The fourth-order valence-electron chi connectivity index (χ4n) is 1.50. The third kappa shape index (κ3) is 4.75. The molecule has 0 aliphatic carbocycles. The Balaban J connectivity index is 2.91. The molecule has 0 fully saturated rings. The van der Waals surface area contributed by atoms with Crippen LogP contribution in [0.3, 0.4) is 0 Å². The third-order valence-corrected chi connectivity index (χ3v) is 2.46. The molecule has 7 heteroatoms. The van der Waals surface area contributed by atoms with E-state index >= 15 is 0 Å². The van der Waals surface area contributed by atoms with E-state index in [0.29, 0.717) is 19.7 Å². The fraction of sp³-hybridized carbons (Fsp3) is 0.500. The summed E-state index contributed by atoms with van der Waals surface area (Å²) >= 11 is 0. The molecule has 0 N–H and O–H groups in total. The molecule has 1 aromatic rings. The summed E-state index contributed by atoms with van der Waals surface area (Å²) in [6.45, 7) is 1.05. The van der Waals surface area contributed by atoms with Crippen LogP contribution in [-0.4, -0.2) is 31.8 Å². The first-order valence-corrected chi connectivity index (χ1v) is 5.63. The molecule has 0 spiro atoms. The van der Waals surface area contributed by atoms with Crippen molar-refractivity contribution in [3.8, 4) is 6.07 Å². The summed E-state index contributed by atoms with van der Waals surface area (Å²) in [6, 6.07) is 3.85. The maximum atomic E-state index is 12.6. The second-order valence-electron chi connectivity index (χ2n) is 3.79. The summed E-state index contributed by atoms with van der Waals surface area (Å²) in [6.07, 6.45) is -3.08. The monoisotopic (exact) mass is 273 g/mol. The topological polar surface area (TPSA) is 49.1 Å². The Bertz CT molecular complexity index is 443. The van der Waals surface area contributed by atoms with Gasteiger partial charge in [-0.25, -0.2) is 4.98 Å². The van der Waals surface area contributed by atoms with Crippen LogP contribution in [-0.2, 0) is 10.9 Å². The van der Waals surface area contributed by atoms with Crippen LogP contribution in [0.4, 0.5) is 19.0 Å². The van der Waals surface area contributed by atoms with E-state index in [0.717, 1.165) is 18.3 Å². The van der Waals surface area contributed by atoms with Gasteiger partial charge in [-0.3, -0.25) is 0 Å². The van der Waals surface area contributed by atoms with Crippen molar-refractivity contribution in [1.29, 1.82) is 5.26 Å². The van der Waals surface area contributed by atoms with E-state index in [-0.39, 0.29) is 12.2 Å². The summed E-state index contributed by atoms with van der Waals surface area (Å²) in [5.41, 5.74) is -0.753. The number of pyridine rings is 1. The highest BCUT2D eigenvalue weighted by Gasteiger charge is 2.31. The quantitative estimate of drug-likeness (QED) is 0.799. The molecule has 0 aromatic carbocycles. The van der Waals surface area contributed by atoms with Crippen LogP contribution in [0.25, 0.3) is 0 Å². The number of methoxy groups -OCH3 is 1. The van der Waals surface area contributed by atoms with E-state index in [2.05, 4.69) is 4.98 Å². The molecule has 4 nitrogen and oxygen atoms in total. The fourth-order valence-corrected chi connectivity index (χ4v) is 1.50. The first kappa shape index (κ1) is 15.2. The minimum absolute atomic E-state index is 0.196. The molecule has 0 amide bonds. The van der Waals surface area contributed by atoms with Crippen molar-refractivity contribution in [3.63, 3.8) is 0 Å². The van der Waals surface area contributed by atoms with E-state index in [4.69, 9.17) is 10.00 Å². The molecule has 0 saturated heterocycles. The van der Waals surface area contributed by atoms with Crippen molar-refractivity contribution >= 4 is 5.82 Å². The van der Waals surface area contributed by atoms with E-state index in [1.807, 2.05) is 6.07 Å². The van der Waals surface area contributed by atoms with E-state index < -0.39 is 11.7 Å². The lowest BCUT2D eigenvalue weighted by Crippen LogP contribution is -2.29. The zero-order chi connectivity index (χ0) is 14.3. The van der Waals surface area contributed by atoms with Crippen LogP contribution in [0.5, 0.6) is 0 Å². The number of alkyl halides is 3. The molecule has 1 rings (SSSR count). The Labute approximate surface area is 109 Å². The number of hydrogen-bond acceptors (Lipinski definition) is 4. The van der Waals surface area contributed by atoms with E-state index in [1.165, 1.54) is 7.11 Å². The second kappa shape index (κ2) is 6.95. The summed E-state index contributed by atoms with van der Waals surface area (Å²) in [5.74, 6) is 0.196. The van der Waals surface area contributed by atoms with Crippen LogP contribution in [0.2, 0.25) is 0 Å². The predicted molar refractivity (Wildman–Crippen MR) is 63.6 cm³/mol. The molecule has 0 atom stereocenters. The lowest BCUT2D eigenvalue weighted by atomic mass is 10.2. The average molecular weight is 273 g/mol. The van der Waals surface area contributed by atoms with E-state index in [9.17, 15) is 13.2 Å². The van der Waals surface area contributed by atoms with Gasteiger partial charge in [0.15, 0.2) is 0 Å². The zero-order valence-corrected chi connectivity index (χ0v) is 10.4. The zero-order valence-electron chi connectivity index (χ0n) is 10.4. The molecular formula is C12H14F3N3O. The molecule has 0 unspecified atom stereocenters. The third-order valence-electron chi connectivity index (χ3n) is 2.46. The second-order valence-corrected chi connectivity index (χ2v) is 3.79. The lowest BCUT2D eigenvalue weighted by molar-refractivity contribution is -0.137. The smallest absolute Gasteiger partial charge is 0.383 e. The van der Waals surface area contributed by atoms with Crippen LogP contribution in [0.15, 0.2) is 18.3 Å². The van der Waals surface area contributed by atoms with Gasteiger partial charge in [0.1, 0.15) is 5.82 Å². The molecular weight excluding hydrogens is 259 g/mol. The van der Waals surface area contributed by atoms with Gasteiger partial charge in [0.2, 0.25) is 0 Å². The summed E-state index contributed by atoms with van der Waals surface area (Å²) in [4.78, 5) is 5.52. The SMILES string of the molecule is COCCN(CCC#N)c1cc(C(F)(F)F)ccn1. The predicted octanol–water partition coefficient (Wildman–Crippen LogP) is 2.47. The molecule has 0 radical (unpaired) electrons. The van der Waals surface area contributed by atoms with Crippen molar-refractivity contribution in [2.75, 3.05) is 31.7 Å². The Morgan fingerprint density at radius 2 is 2.16 bits per heavy atom. The van der Waals surface area contributed by atoms with Gasteiger partial charge in [0, 0.05) is 26.4 Å². The van der Waals surface area contributed by atoms with Crippen molar-refractivity contribution in [3.05, 3.63) is 23.9 Å². The van der Waals surface area contributed by atoms with Crippen molar-refractivity contribution in [2.24, 2.45) is 0 Å². The highest BCUT2D eigenvalue weighted by atomic mass is 19.4. The van der Waals surface area contributed by atoms with Gasteiger partial charge in [-0.1, -0.05) is 0 Å². The van der Waals surface area contributed by atoms with Crippen LogP contribution in [0, 0.1) is 11.3 Å². The molecule has 1 aromatic heterocycles. The van der Waals surface area contributed by atoms with Gasteiger partial charge >= 0.3 is 6.18 Å². The number of ether oxygens (including phenoxy) is 1. The van der Waals surface area contributed by atoms with Gasteiger partial charge in [-0.2, -0.15) is 18.4 Å². The van der Waals surface area contributed by atoms with Crippen LogP contribution in [0.1, 0.15) is 12.0 Å². The number of nitrogens with zero attached hydrogens (tertiary/aromatic N) is 3. The molecule has 104 valence electrons. The molecule has 1 heterocycles. The van der Waals surface area contributed by atoms with Crippen molar-refractivity contribution in [2.45, 2.75) is 12.6 Å². The maximum Gasteiger partial charge on any atom is 0.416 e. The van der Waals surface area contributed by atoms with Gasteiger partial charge in [0.25, 0.3) is 0 Å². The molecule has 0 aliphatic rings. The van der Waals surface area contributed by atoms with Gasteiger partial charge < -0.3 is 9.64 Å². The molecule has 19 heavy (non-hydrogen) atoms. The Kier molecular flexibility index (Phi) is 5.57. The summed E-state index contributed by atoms with van der Waals surface area (Å²) in [7, 11) is 1.50. The Morgan fingerprint density at radius 3 is 2.74 bits per heavy atom. The summed E-state index contributed by atoms with van der Waals surface area (Å²) in [5, 5.41) is 8.56. The van der Waals surface area contributed by atoms with Gasteiger partial charge in [-0.15, -0.1) is 0 Å². The lowest BCUT2D eigenvalue weighted by Gasteiger charge is -2.23. The number of hydrogen-bond donors (Lipinski definition) is 0. The highest BCUT2D eigenvalue weighted by Crippen LogP contribution is 2.30. The Morgan fingerprint density at radius 1 is 1.42 bits per heavy atom. The standard InChI is InChI=1S/C12H14F3N3O/c1-19-8-7-18(6-2-4-16)11-9-10(3-5-17-11)12(13,14)15/h3,5,9H,2,6-8H2,1H3. The molecule has 0 bridgehead atoms. The minimum Gasteiger partial charge on any atom is -0.383 e. The first-order valence-electron chi connectivity index (χ1n) is 5.63. The molecule has 0 saturated carbocycles. The number of halogens is 3. The number of nitriles is 1. The van der Waals surface area contributed by atoms with Gasteiger partial charge in [-0.05, 0) is 12.1 Å². The number of anilines is 1. The Hall–Kier alpha value is -1.81. The normalized spacial score (nSPS) is 11.1. The van der Waals surface area contributed by atoms with E-state index in [1.54, 1.807) is 4.90 Å². The largest absolute Gasteiger partial charge is 0.416 e. The minimum atomic E-state index is -4.40. The maximum absolute atomic E-state index is 12.6. The first-order chi connectivity index (χ1) is 8.99. The van der Waals surface area contributed by atoms with Crippen LogP contribution >= 0.6 is 0 Å².